The van der Waals surface area contributed by atoms with Gasteiger partial charge in [-0.3, -0.25) is 4.79 Å². The van der Waals surface area contributed by atoms with Crippen LogP contribution in [0.1, 0.15) is 32.1 Å². The molecule has 0 aromatic rings. The van der Waals surface area contributed by atoms with Crippen LogP contribution < -0.4 is 10.6 Å². The van der Waals surface area contributed by atoms with E-state index in [1.165, 1.54) is 12.8 Å². The van der Waals surface area contributed by atoms with Gasteiger partial charge in [0.15, 0.2) is 0 Å². The molecule has 2 atom stereocenters. The van der Waals surface area contributed by atoms with Crippen LogP contribution in [-0.4, -0.2) is 38.3 Å². The highest BCUT2D eigenvalue weighted by molar-refractivity contribution is 5.85. The summed E-state index contributed by atoms with van der Waals surface area (Å²) in [6.45, 7) is 3.69. The standard InChI is InChI=1S/C12H22N2O2.ClH/c15-12(11-5-1-2-7-16-11)14-9-10-4-3-6-13-8-10;/h10-11,13H,1-9H2,(H,14,15);1H. The minimum atomic E-state index is -0.190. The lowest BCUT2D eigenvalue weighted by Crippen LogP contribution is -2.43. The van der Waals surface area contributed by atoms with E-state index in [-0.39, 0.29) is 24.4 Å². The summed E-state index contributed by atoms with van der Waals surface area (Å²) < 4.78 is 5.45. The van der Waals surface area contributed by atoms with Gasteiger partial charge in [0.1, 0.15) is 6.10 Å². The zero-order valence-electron chi connectivity index (χ0n) is 10.2. The molecule has 4 nitrogen and oxygen atoms in total. The van der Waals surface area contributed by atoms with Crippen LogP contribution in [0, 0.1) is 5.92 Å². The van der Waals surface area contributed by atoms with E-state index in [1.54, 1.807) is 0 Å². The van der Waals surface area contributed by atoms with Gasteiger partial charge in [-0.25, -0.2) is 0 Å². The molecule has 0 saturated carbocycles. The van der Waals surface area contributed by atoms with Crippen LogP contribution in [0.25, 0.3) is 0 Å². The first-order valence-corrected chi connectivity index (χ1v) is 6.46. The van der Waals surface area contributed by atoms with Crippen LogP contribution in [0.4, 0.5) is 0 Å². The molecule has 100 valence electrons. The first-order chi connectivity index (χ1) is 7.86. The van der Waals surface area contributed by atoms with Gasteiger partial charge in [-0.1, -0.05) is 0 Å². The minimum absolute atomic E-state index is 0. The molecule has 2 aliphatic rings. The number of halogens is 1. The van der Waals surface area contributed by atoms with Crippen molar-refractivity contribution in [1.82, 2.24) is 10.6 Å². The van der Waals surface area contributed by atoms with Crippen LogP contribution in [0.5, 0.6) is 0 Å². The Kier molecular flexibility index (Phi) is 6.85. The molecular weight excluding hydrogens is 240 g/mol. The fourth-order valence-corrected chi connectivity index (χ4v) is 2.40. The molecule has 0 bridgehead atoms. The average molecular weight is 263 g/mol. The summed E-state index contributed by atoms with van der Waals surface area (Å²) in [7, 11) is 0. The van der Waals surface area contributed by atoms with Crippen LogP contribution in [0.15, 0.2) is 0 Å². The lowest BCUT2D eigenvalue weighted by molar-refractivity contribution is -0.135. The lowest BCUT2D eigenvalue weighted by atomic mass is 9.99. The highest BCUT2D eigenvalue weighted by Crippen LogP contribution is 2.13. The van der Waals surface area contributed by atoms with Gasteiger partial charge in [0.05, 0.1) is 0 Å². The first-order valence-electron chi connectivity index (χ1n) is 6.46. The van der Waals surface area contributed by atoms with Gasteiger partial charge in [-0.2, -0.15) is 0 Å². The second-order valence-corrected chi connectivity index (χ2v) is 4.81. The van der Waals surface area contributed by atoms with Gasteiger partial charge in [0.2, 0.25) is 5.91 Å². The summed E-state index contributed by atoms with van der Waals surface area (Å²) in [5, 5.41) is 6.37. The fourth-order valence-electron chi connectivity index (χ4n) is 2.40. The summed E-state index contributed by atoms with van der Waals surface area (Å²) >= 11 is 0. The monoisotopic (exact) mass is 262 g/mol. The summed E-state index contributed by atoms with van der Waals surface area (Å²) in [6.07, 6.45) is 5.35. The van der Waals surface area contributed by atoms with E-state index in [4.69, 9.17) is 4.74 Å². The summed E-state index contributed by atoms with van der Waals surface area (Å²) in [5.41, 5.74) is 0. The van der Waals surface area contributed by atoms with Crippen molar-refractivity contribution in [2.45, 2.75) is 38.2 Å². The number of ether oxygens (including phenoxy) is 1. The quantitative estimate of drug-likeness (QED) is 0.801. The molecule has 0 aromatic carbocycles. The van der Waals surface area contributed by atoms with Crippen molar-refractivity contribution in [2.24, 2.45) is 5.92 Å². The van der Waals surface area contributed by atoms with E-state index in [0.29, 0.717) is 5.92 Å². The Morgan fingerprint density at radius 2 is 2.18 bits per heavy atom. The molecule has 2 saturated heterocycles. The second kappa shape index (κ2) is 7.90. The Hall–Kier alpha value is -0.320. The van der Waals surface area contributed by atoms with Crippen LogP contribution in [-0.2, 0) is 9.53 Å². The Morgan fingerprint density at radius 3 is 2.82 bits per heavy atom. The molecule has 5 heteroatoms. The Labute approximate surface area is 109 Å². The molecule has 2 heterocycles. The van der Waals surface area contributed by atoms with E-state index in [2.05, 4.69) is 10.6 Å². The number of hydrogen-bond donors (Lipinski definition) is 2. The largest absolute Gasteiger partial charge is 0.368 e. The summed E-state index contributed by atoms with van der Waals surface area (Å²) in [4.78, 5) is 11.8. The molecule has 2 fully saturated rings. The van der Waals surface area contributed by atoms with Crippen molar-refractivity contribution >= 4 is 18.3 Å². The number of piperidine rings is 1. The van der Waals surface area contributed by atoms with E-state index < -0.39 is 0 Å². The van der Waals surface area contributed by atoms with E-state index in [9.17, 15) is 4.79 Å². The molecule has 2 aliphatic heterocycles. The number of amides is 1. The Morgan fingerprint density at radius 1 is 1.29 bits per heavy atom. The van der Waals surface area contributed by atoms with Gasteiger partial charge in [0.25, 0.3) is 0 Å². The van der Waals surface area contributed by atoms with Crippen molar-refractivity contribution in [3.05, 3.63) is 0 Å². The third-order valence-electron chi connectivity index (χ3n) is 3.44. The Balaban J connectivity index is 0.00000144. The van der Waals surface area contributed by atoms with Gasteiger partial charge in [-0.15, -0.1) is 12.4 Å². The maximum absolute atomic E-state index is 11.8. The molecule has 0 radical (unpaired) electrons. The molecular formula is C12H23ClN2O2. The molecule has 2 N–H and O–H groups in total. The predicted octanol–water partition coefficient (Wildman–Crippen LogP) is 1.09. The minimum Gasteiger partial charge on any atom is -0.368 e. The number of nitrogens with one attached hydrogen (secondary N) is 2. The molecule has 2 unspecified atom stereocenters. The predicted molar refractivity (Wildman–Crippen MR) is 69.4 cm³/mol. The van der Waals surface area contributed by atoms with Crippen molar-refractivity contribution < 1.29 is 9.53 Å². The maximum Gasteiger partial charge on any atom is 0.249 e. The van der Waals surface area contributed by atoms with Crippen molar-refractivity contribution in [3.8, 4) is 0 Å². The second-order valence-electron chi connectivity index (χ2n) is 4.81. The normalized spacial score (nSPS) is 29.2. The molecule has 0 aliphatic carbocycles. The molecule has 2 rings (SSSR count). The number of hydrogen-bond acceptors (Lipinski definition) is 3. The number of carbonyl (C=O) groups is 1. The third kappa shape index (κ3) is 4.82. The lowest BCUT2D eigenvalue weighted by Gasteiger charge is -2.25. The molecule has 0 spiro atoms. The topological polar surface area (TPSA) is 50.4 Å². The average Bonchev–Trinajstić information content (AvgIpc) is 2.38. The molecule has 17 heavy (non-hydrogen) atoms. The number of rotatable bonds is 3. The van der Waals surface area contributed by atoms with Gasteiger partial charge >= 0.3 is 0 Å². The fraction of sp³-hybridized carbons (Fsp3) is 0.917. The van der Waals surface area contributed by atoms with Crippen LogP contribution >= 0.6 is 12.4 Å². The van der Waals surface area contributed by atoms with E-state index in [0.717, 1.165) is 45.5 Å². The van der Waals surface area contributed by atoms with Crippen LogP contribution in [0.2, 0.25) is 0 Å². The first kappa shape index (κ1) is 14.7. The zero-order valence-corrected chi connectivity index (χ0v) is 11.1. The third-order valence-corrected chi connectivity index (χ3v) is 3.44. The van der Waals surface area contributed by atoms with Crippen molar-refractivity contribution in [3.63, 3.8) is 0 Å². The SMILES string of the molecule is Cl.O=C(NCC1CCCNC1)C1CCCCO1. The molecule has 1 amide bonds. The smallest absolute Gasteiger partial charge is 0.249 e. The van der Waals surface area contributed by atoms with Crippen molar-refractivity contribution in [1.29, 1.82) is 0 Å². The highest BCUT2D eigenvalue weighted by Gasteiger charge is 2.22. The van der Waals surface area contributed by atoms with Gasteiger partial charge in [-0.05, 0) is 51.1 Å². The zero-order chi connectivity index (χ0) is 11.2. The van der Waals surface area contributed by atoms with Gasteiger partial charge in [0, 0.05) is 13.2 Å². The van der Waals surface area contributed by atoms with Gasteiger partial charge < -0.3 is 15.4 Å². The molecule has 0 aromatic heterocycles. The van der Waals surface area contributed by atoms with E-state index >= 15 is 0 Å². The van der Waals surface area contributed by atoms with E-state index in [1.807, 2.05) is 0 Å². The van der Waals surface area contributed by atoms with Crippen molar-refractivity contribution in [2.75, 3.05) is 26.2 Å². The maximum atomic E-state index is 11.8. The Bertz CT molecular complexity index is 227. The number of carbonyl (C=O) groups excluding carboxylic acids is 1. The highest BCUT2D eigenvalue weighted by atomic mass is 35.5. The van der Waals surface area contributed by atoms with Crippen LogP contribution in [0.3, 0.4) is 0 Å². The summed E-state index contributed by atoms with van der Waals surface area (Å²) in [5.74, 6) is 0.687. The summed E-state index contributed by atoms with van der Waals surface area (Å²) in [6, 6.07) is 0.